The molecule has 0 radical (unpaired) electrons. The van der Waals surface area contributed by atoms with Crippen molar-refractivity contribution in [1.29, 1.82) is 0 Å². The zero-order valence-corrected chi connectivity index (χ0v) is 13.7. The molecule has 0 aromatic heterocycles. The van der Waals surface area contributed by atoms with Gasteiger partial charge in [0.05, 0.1) is 0 Å². The summed E-state index contributed by atoms with van der Waals surface area (Å²) >= 11 is 3.51. The van der Waals surface area contributed by atoms with Crippen LogP contribution in [0.3, 0.4) is 0 Å². The predicted molar refractivity (Wildman–Crippen MR) is 85.9 cm³/mol. The van der Waals surface area contributed by atoms with Gasteiger partial charge in [-0.15, -0.1) is 0 Å². The summed E-state index contributed by atoms with van der Waals surface area (Å²) < 4.78 is 1.14. The summed E-state index contributed by atoms with van der Waals surface area (Å²) in [5, 5.41) is 7.00. The van der Waals surface area contributed by atoms with E-state index in [0.717, 1.165) is 37.2 Å². The zero-order chi connectivity index (χ0) is 13.9. The predicted octanol–water partition coefficient (Wildman–Crippen LogP) is 2.85. The van der Waals surface area contributed by atoms with Gasteiger partial charge in [-0.2, -0.15) is 0 Å². The highest BCUT2D eigenvalue weighted by Crippen LogP contribution is 2.22. The Hall–Kier alpha value is -0.580. The smallest absolute Gasteiger partial charge is 0.0371 e. The Morgan fingerprint density at radius 3 is 2.63 bits per heavy atom. The van der Waals surface area contributed by atoms with Gasteiger partial charge in [0.2, 0.25) is 0 Å². The fraction of sp³-hybridized carbons (Fsp3) is 0.600. The van der Waals surface area contributed by atoms with Gasteiger partial charge in [-0.3, -0.25) is 4.90 Å². The number of aryl methyl sites for hydroxylation is 1. The fourth-order valence-electron chi connectivity index (χ4n) is 2.52. The lowest BCUT2D eigenvalue weighted by Crippen LogP contribution is -2.56. The first-order chi connectivity index (χ1) is 8.99. The Balaban J connectivity index is 1.96. The summed E-state index contributed by atoms with van der Waals surface area (Å²) in [5.74, 6) is 0. The molecular weight excluding hydrogens is 302 g/mol. The Morgan fingerprint density at radius 1 is 1.32 bits per heavy atom. The lowest BCUT2D eigenvalue weighted by Gasteiger charge is -2.41. The SMILES string of the molecule is Cc1cc(Br)ccc1NCC(C)(C)N1CCNCC1. The Bertz CT molecular complexity index is 425. The number of halogens is 1. The van der Waals surface area contributed by atoms with Crippen LogP contribution in [0.2, 0.25) is 0 Å². The molecule has 19 heavy (non-hydrogen) atoms. The van der Waals surface area contributed by atoms with E-state index in [1.165, 1.54) is 11.3 Å². The van der Waals surface area contributed by atoms with Gasteiger partial charge in [0, 0.05) is 48.4 Å². The van der Waals surface area contributed by atoms with Gasteiger partial charge < -0.3 is 10.6 Å². The molecule has 0 aliphatic carbocycles. The van der Waals surface area contributed by atoms with Crippen molar-refractivity contribution in [2.45, 2.75) is 26.3 Å². The molecular formula is C15H24BrN3. The summed E-state index contributed by atoms with van der Waals surface area (Å²) in [7, 11) is 0. The average Bonchev–Trinajstić information content (AvgIpc) is 2.39. The van der Waals surface area contributed by atoms with Crippen LogP contribution in [0.1, 0.15) is 19.4 Å². The number of piperazine rings is 1. The molecule has 1 fully saturated rings. The van der Waals surface area contributed by atoms with Gasteiger partial charge in [-0.25, -0.2) is 0 Å². The molecule has 106 valence electrons. The van der Waals surface area contributed by atoms with E-state index < -0.39 is 0 Å². The summed E-state index contributed by atoms with van der Waals surface area (Å²) in [5.41, 5.74) is 2.69. The van der Waals surface area contributed by atoms with E-state index in [9.17, 15) is 0 Å². The van der Waals surface area contributed by atoms with E-state index in [2.05, 4.69) is 70.4 Å². The van der Waals surface area contributed by atoms with Crippen molar-refractivity contribution in [1.82, 2.24) is 10.2 Å². The maximum Gasteiger partial charge on any atom is 0.0371 e. The van der Waals surface area contributed by atoms with Crippen LogP contribution in [0.5, 0.6) is 0 Å². The standard InChI is InChI=1S/C15H24BrN3/c1-12-10-13(16)4-5-14(12)18-11-15(2,3)19-8-6-17-7-9-19/h4-5,10,17-18H,6-9,11H2,1-3H3. The van der Waals surface area contributed by atoms with Crippen LogP contribution in [-0.4, -0.2) is 43.2 Å². The number of nitrogens with zero attached hydrogens (tertiary/aromatic N) is 1. The van der Waals surface area contributed by atoms with Gasteiger partial charge in [-0.05, 0) is 44.5 Å². The molecule has 0 spiro atoms. The van der Waals surface area contributed by atoms with Crippen molar-refractivity contribution >= 4 is 21.6 Å². The molecule has 3 nitrogen and oxygen atoms in total. The van der Waals surface area contributed by atoms with Crippen molar-refractivity contribution in [2.24, 2.45) is 0 Å². The second kappa shape index (κ2) is 6.25. The molecule has 0 unspecified atom stereocenters. The van der Waals surface area contributed by atoms with E-state index in [0.29, 0.717) is 0 Å². The molecule has 2 N–H and O–H groups in total. The first-order valence-electron chi connectivity index (χ1n) is 6.95. The number of rotatable bonds is 4. The Morgan fingerprint density at radius 2 is 2.00 bits per heavy atom. The summed E-state index contributed by atoms with van der Waals surface area (Å²) in [6, 6.07) is 6.39. The van der Waals surface area contributed by atoms with Gasteiger partial charge >= 0.3 is 0 Å². The van der Waals surface area contributed by atoms with E-state index in [1.54, 1.807) is 0 Å². The van der Waals surface area contributed by atoms with Crippen LogP contribution in [0.15, 0.2) is 22.7 Å². The fourth-order valence-corrected chi connectivity index (χ4v) is 2.99. The maximum atomic E-state index is 3.59. The van der Waals surface area contributed by atoms with E-state index >= 15 is 0 Å². The maximum absolute atomic E-state index is 3.59. The third kappa shape index (κ3) is 3.94. The highest BCUT2D eigenvalue weighted by Gasteiger charge is 2.27. The molecule has 0 saturated carbocycles. The molecule has 0 bridgehead atoms. The molecule has 0 atom stereocenters. The van der Waals surface area contributed by atoms with Crippen LogP contribution in [0, 0.1) is 6.92 Å². The van der Waals surface area contributed by atoms with Crippen molar-refractivity contribution in [3.63, 3.8) is 0 Å². The second-order valence-corrected chi connectivity index (χ2v) is 6.78. The lowest BCUT2D eigenvalue weighted by atomic mass is 10.0. The number of hydrogen-bond acceptors (Lipinski definition) is 3. The van der Waals surface area contributed by atoms with E-state index in [1.807, 2.05) is 0 Å². The quantitative estimate of drug-likeness (QED) is 0.891. The van der Waals surface area contributed by atoms with Crippen molar-refractivity contribution in [3.8, 4) is 0 Å². The minimum Gasteiger partial charge on any atom is -0.383 e. The highest BCUT2D eigenvalue weighted by molar-refractivity contribution is 9.10. The molecule has 0 amide bonds. The molecule has 1 aromatic rings. The second-order valence-electron chi connectivity index (χ2n) is 5.86. The van der Waals surface area contributed by atoms with E-state index in [4.69, 9.17) is 0 Å². The first-order valence-corrected chi connectivity index (χ1v) is 7.74. The molecule has 1 aliphatic rings. The Labute approximate surface area is 124 Å². The third-order valence-corrected chi connectivity index (χ3v) is 4.37. The molecule has 4 heteroatoms. The average molecular weight is 326 g/mol. The summed E-state index contributed by atoms with van der Waals surface area (Å²) in [6.45, 7) is 12.2. The van der Waals surface area contributed by atoms with Crippen LogP contribution in [0.4, 0.5) is 5.69 Å². The largest absolute Gasteiger partial charge is 0.383 e. The highest BCUT2D eigenvalue weighted by atomic mass is 79.9. The zero-order valence-electron chi connectivity index (χ0n) is 12.1. The minimum absolute atomic E-state index is 0.182. The van der Waals surface area contributed by atoms with Crippen molar-refractivity contribution < 1.29 is 0 Å². The van der Waals surface area contributed by atoms with Gasteiger partial charge in [-0.1, -0.05) is 15.9 Å². The number of hydrogen-bond donors (Lipinski definition) is 2. The Kier molecular flexibility index (Phi) is 4.87. The molecule has 1 aliphatic heterocycles. The normalized spacial score (nSPS) is 17.5. The number of benzene rings is 1. The first kappa shape index (κ1) is 14.8. The van der Waals surface area contributed by atoms with Gasteiger partial charge in [0.25, 0.3) is 0 Å². The summed E-state index contributed by atoms with van der Waals surface area (Å²) in [4.78, 5) is 2.56. The van der Waals surface area contributed by atoms with Crippen LogP contribution in [0.25, 0.3) is 0 Å². The van der Waals surface area contributed by atoms with E-state index in [-0.39, 0.29) is 5.54 Å². The van der Waals surface area contributed by atoms with Crippen molar-refractivity contribution in [3.05, 3.63) is 28.2 Å². The van der Waals surface area contributed by atoms with Crippen LogP contribution >= 0.6 is 15.9 Å². The summed E-state index contributed by atoms with van der Waals surface area (Å²) in [6.07, 6.45) is 0. The molecule has 2 rings (SSSR count). The third-order valence-electron chi connectivity index (χ3n) is 3.87. The molecule has 1 aromatic carbocycles. The van der Waals surface area contributed by atoms with Crippen LogP contribution in [-0.2, 0) is 0 Å². The van der Waals surface area contributed by atoms with Crippen LogP contribution < -0.4 is 10.6 Å². The lowest BCUT2D eigenvalue weighted by molar-refractivity contribution is 0.114. The molecule has 1 heterocycles. The molecule has 1 saturated heterocycles. The van der Waals surface area contributed by atoms with Gasteiger partial charge in [0.1, 0.15) is 0 Å². The topological polar surface area (TPSA) is 27.3 Å². The number of anilines is 1. The monoisotopic (exact) mass is 325 g/mol. The number of nitrogens with one attached hydrogen (secondary N) is 2. The van der Waals surface area contributed by atoms with Gasteiger partial charge in [0.15, 0.2) is 0 Å². The minimum atomic E-state index is 0.182. The van der Waals surface area contributed by atoms with Crippen molar-refractivity contribution in [2.75, 3.05) is 38.0 Å².